The molecular formula is C7H8F2N2O3. The van der Waals surface area contributed by atoms with Gasteiger partial charge in [-0.3, -0.25) is 19.8 Å². The number of nitrogens with one attached hydrogen (secondary N) is 1. The Kier molecular flexibility index (Phi) is 2.78. The van der Waals surface area contributed by atoms with Crippen molar-refractivity contribution in [3.05, 3.63) is 0 Å². The number of carbonyl (C=O) groups is 3. The molecule has 1 heterocycles. The van der Waals surface area contributed by atoms with Crippen molar-refractivity contribution < 1.29 is 23.2 Å². The van der Waals surface area contributed by atoms with Crippen LogP contribution in [0, 0.1) is 5.92 Å². The lowest BCUT2D eigenvalue weighted by molar-refractivity contribution is -0.143. The van der Waals surface area contributed by atoms with Gasteiger partial charge >= 0.3 is 6.03 Å². The summed E-state index contributed by atoms with van der Waals surface area (Å²) in [6, 6.07) is -1.08. The summed E-state index contributed by atoms with van der Waals surface area (Å²) in [5.41, 5.74) is 0. The van der Waals surface area contributed by atoms with Gasteiger partial charge in [-0.15, -0.1) is 0 Å². The largest absolute Gasteiger partial charge is 0.330 e. The summed E-state index contributed by atoms with van der Waals surface area (Å²) in [5, 5.41) is 1.81. The maximum atomic E-state index is 11.9. The topological polar surface area (TPSA) is 66.5 Å². The number of nitrogens with zero attached hydrogens (tertiary/aromatic N) is 1. The van der Waals surface area contributed by atoms with Crippen molar-refractivity contribution in [1.82, 2.24) is 10.2 Å². The minimum atomic E-state index is -2.80. The summed E-state index contributed by atoms with van der Waals surface area (Å²) < 4.78 is 23.9. The minimum absolute atomic E-state index is 0.344. The molecule has 1 rings (SSSR count). The maximum Gasteiger partial charge on any atom is 0.330 e. The van der Waals surface area contributed by atoms with Crippen molar-refractivity contribution in [3.63, 3.8) is 0 Å². The maximum absolute atomic E-state index is 11.9. The van der Waals surface area contributed by atoms with Crippen LogP contribution in [0.4, 0.5) is 13.6 Å². The van der Waals surface area contributed by atoms with Crippen molar-refractivity contribution in [2.75, 3.05) is 6.54 Å². The number of urea groups is 1. The Balaban J connectivity index is 2.79. The van der Waals surface area contributed by atoms with Crippen molar-refractivity contribution in [2.45, 2.75) is 13.3 Å². The zero-order valence-electron chi connectivity index (χ0n) is 7.29. The van der Waals surface area contributed by atoms with Crippen LogP contribution in [0.1, 0.15) is 6.92 Å². The molecule has 14 heavy (non-hydrogen) atoms. The van der Waals surface area contributed by atoms with Crippen LogP contribution in [-0.2, 0) is 9.59 Å². The van der Waals surface area contributed by atoms with Crippen LogP contribution in [0.5, 0.6) is 0 Å². The molecule has 0 saturated carbocycles. The number of halogens is 2. The number of imide groups is 2. The number of hydrogen-bond acceptors (Lipinski definition) is 3. The van der Waals surface area contributed by atoms with Crippen LogP contribution >= 0.6 is 0 Å². The average molecular weight is 206 g/mol. The van der Waals surface area contributed by atoms with E-state index in [1.54, 1.807) is 0 Å². The normalized spacial score (nSPS) is 23.0. The molecule has 0 aromatic carbocycles. The van der Waals surface area contributed by atoms with Crippen LogP contribution in [0.25, 0.3) is 0 Å². The van der Waals surface area contributed by atoms with E-state index in [0.29, 0.717) is 4.90 Å². The lowest BCUT2D eigenvalue weighted by Crippen LogP contribution is -2.58. The Labute approximate surface area is 78.0 Å². The van der Waals surface area contributed by atoms with Gasteiger partial charge in [-0.05, 0) is 6.92 Å². The van der Waals surface area contributed by atoms with E-state index in [0.717, 1.165) is 0 Å². The van der Waals surface area contributed by atoms with Gasteiger partial charge in [0.1, 0.15) is 5.92 Å². The van der Waals surface area contributed by atoms with Crippen LogP contribution in [0.2, 0.25) is 0 Å². The van der Waals surface area contributed by atoms with Crippen LogP contribution < -0.4 is 5.32 Å². The second-order valence-electron chi connectivity index (χ2n) is 2.86. The Morgan fingerprint density at radius 1 is 1.43 bits per heavy atom. The van der Waals surface area contributed by atoms with Gasteiger partial charge in [0.25, 0.3) is 6.43 Å². The molecule has 1 aliphatic heterocycles. The van der Waals surface area contributed by atoms with Gasteiger partial charge in [-0.1, -0.05) is 0 Å². The van der Waals surface area contributed by atoms with Crippen LogP contribution in [-0.4, -0.2) is 35.7 Å². The smallest absolute Gasteiger partial charge is 0.277 e. The number of barbiturate groups is 1. The first-order chi connectivity index (χ1) is 6.43. The molecule has 1 atom stereocenters. The lowest BCUT2D eigenvalue weighted by atomic mass is 10.1. The van der Waals surface area contributed by atoms with E-state index in [1.165, 1.54) is 6.92 Å². The van der Waals surface area contributed by atoms with E-state index in [2.05, 4.69) is 0 Å². The average Bonchev–Trinajstić information content (AvgIpc) is 2.09. The van der Waals surface area contributed by atoms with Crippen LogP contribution in [0.15, 0.2) is 0 Å². The van der Waals surface area contributed by atoms with E-state index >= 15 is 0 Å². The van der Waals surface area contributed by atoms with Crippen molar-refractivity contribution >= 4 is 17.8 Å². The summed E-state index contributed by atoms with van der Waals surface area (Å²) >= 11 is 0. The van der Waals surface area contributed by atoms with E-state index in [4.69, 9.17) is 0 Å². The van der Waals surface area contributed by atoms with Crippen molar-refractivity contribution in [2.24, 2.45) is 5.92 Å². The number of hydrogen-bond donors (Lipinski definition) is 1. The minimum Gasteiger partial charge on any atom is -0.277 e. The van der Waals surface area contributed by atoms with Gasteiger partial charge in [-0.25, -0.2) is 13.6 Å². The Morgan fingerprint density at radius 3 is 2.50 bits per heavy atom. The number of amides is 4. The van der Waals surface area contributed by atoms with Gasteiger partial charge in [0, 0.05) is 0 Å². The third-order valence-corrected chi connectivity index (χ3v) is 1.83. The van der Waals surface area contributed by atoms with E-state index in [-0.39, 0.29) is 0 Å². The fraction of sp³-hybridized carbons (Fsp3) is 0.571. The third kappa shape index (κ3) is 1.86. The molecule has 5 nitrogen and oxygen atoms in total. The lowest BCUT2D eigenvalue weighted by Gasteiger charge is -2.27. The number of rotatable bonds is 2. The highest BCUT2D eigenvalue weighted by Gasteiger charge is 2.38. The Bertz CT molecular complexity index is 293. The first kappa shape index (κ1) is 10.6. The molecule has 1 fully saturated rings. The summed E-state index contributed by atoms with van der Waals surface area (Å²) in [6.45, 7) is 0.269. The Hall–Kier alpha value is -1.53. The third-order valence-electron chi connectivity index (χ3n) is 1.83. The van der Waals surface area contributed by atoms with Crippen molar-refractivity contribution in [3.8, 4) is 0 Å². The molecule has 1 N–H and O–H groups in total. The predicted octanol–water partition coefficient (Wildman–Crippen LogP) is -0.0340. The van der Waals surface area contributed by atoms with Gasteiger partial charge < -0.3 is 0 Å². The van der Waals surface area contributed by atoms with E-state index < -0.39 is 36.7 Å². The molecule has 0 radical (unpaired) electrons. The molecule has 0 aliphatic carbocycles. The summed E-state index contributed by atoms with van der Waals surface area (Å²) in [4.78, 5) is 33.4. The molecule has 78 valence electrons. The fourth-order valence-corrected chi connectivity index (χ4v) is 1.04. The molecule has 0 aromatic rings. The second-order valence-corrected chi connectivity index (χ2v) is 2.86. The fourth-order valence-electron chi connectivity index (χ4n) is 1.04. The van der Waals surface area contributed by atoms with Gasteiger partial charge in [0.15, 0.2) is 0 Å². The quantitative estimate of drug-likeness (QED) is 0.645. The highest BCUT2D eigenvalue weighted by atomic mass is 19.3. The first-order valence-corrected chi connectivity index (χ1v) is 3.88. The zero-order valence-corrected chi connectivity index (χ0v) is 7.29. The molecule has 7 heteroatoms. The summed E-state index contributed by atoms with van der Waals surface area (Å²) in [6.07, 6.45) is -2.80. The molecule has 0 aromatic heterocycles. The van der Waals surface area contributed by atoms with Gasteiger partial charge in [0.2, 0.25) is 11.8 Å². The molecule has 1 unspecified atom stereocenters. The van der Waals surface area contributed by atoms with Crippen LogP contribution in [0.3, 0.4) is 0 Å². The first-order valence-electron chi connectivity index (χ1n) is 3.88. The van der Waals surface area contributed by atoms with Gasteiger partial charge in [-0.2, -0.15) is 0 Å². The number of carbonyl (C=O) groups excluding carboxylic acids is 3. The second kappa shape index (κ2) is 3.69. The highest BCUT2D eigenvalue weighted by Crippen LogP contribution is 2.11. The molecular weight excluding hydrogens is 198 g/mol. The molecule has 1 saturated heterocycles. The number of alkyl halides is 2. The standard InChI is InChI=1S/C7H8F2N2O3/c1-3-5(12)10-7(14)11(6(3)13)2-4(8)9/h3-4H,2H2,1H3,(H,10,12,14). The molecule has 4 amide bonds. The van der Waals surface area contributed by atoms with Crippen molar-refractivity contribution in [1.29, 1.82) is 0 Å². The SMILES string of the molecule is CC1C(=O)NC(=O)N(CC(F)F)C1=O. The molecule has 0 spiro atoms. The summed E-state index contributed by atoms with van der Waals surface area (Å²) in [5.74, 6) is -2.74. The van der Waals surface area contributed by atoms with E-state index in [9.17, 15) is 23.2 Å². The zero-order chi connectivity index (χ0) is 10.9. The molecule has 0 bridgehead atoms. The Morgan fingerprint density at radius 2 is 2.00 bits per heavy atom. The highest BCUT2D eigenvalue weighted by molar-refractivity contribution is 6.15. The summed E-state index contributed by atoms with van der Waals surface area (Å²) in [7, 11) is 0. The van der Waals surface area contributed by atoms with E-state index in [1.807, 2.05) is 5.32 Å². The predicted molar refractivity (Wildman–Crippen MR) is 40.4 cm³/mol. The monoisotopic (exact) mass is 206 g/mol. The van der Waals surface area contributed by atoms with Gasteiger partial charge in [0.05, 0.1) is 6.54 Å². The molecule has 1 aliphatic rings.